The molecular weight excluding hydrogens is 326 g/mol. The lowest BCUT2D eigenvalue weighted by atomic mass is 10.1. The van der Waals surface area contributed by atoms with Crippen LogP contribution in [0.2, 0.25) is 0 Å². The normalized spacial score (nSPS) is 13.8. The highest BCUT2D eigenvalue weighted by Gasteiger charge is 2.19. The summed E-state index contributed by atoms with van der Waals surface area (Å²) in [6.45, 7) is 1.73. The number of hydrogen-bond acceptors (Lipinski definition) is 2. The van der Waals surface area contributed by atoms with E-state index in [4.69, 9.17) is 0 Å². The van der Waals surface area contributed by atoms with E-state index in [-0.39, 0.29) is 18.0 Å². The van der Waals surface area contributed by atoms with Crippen molar-refractivity contribution in [3.8, 4) is 0 Å². The highest BCUT2D eigenvalue weighted by molar-refractivity contribution is 5.95. The number of rotatable bonds is 4. The summed E-state index contributed by atoms with van der Waals surface area (Å²) in [5.41, 5.74) is 1.04. The second-order valence-corrected chi connectivity index (χ2v) is 6.00. The van der Waals surface area contributed by atoms with E-state index in [1.54, 1.807) is 24.3 Å². The number of benzene rings is 2. The van der Waals surface area contributed by atoms with Gasteiger partial charge < -0.3 is 10.2 Å². The van der Waals surface area contributed by atoms with Gasteiger partial charge in [0.25, 0.3) is 11.8 Å². The third-order valence-electron chi connectivity index (χ3n) is 4.22. The molecule has 1 heterocycles. The Balaban J connectivity index is 1.61. The number of nitrogens with zero attached hydrogens (tertiary/aromatic N) is 1. The maximum atomic E-state index is 13.6. The van der Waals surface area contributed by atoms with Gasteiger partial charge in [-0.05, 0) is 48.7 Å². The molecule has 2 amide bonds. The number of hydrogen-bond donors (Lipinski definition) is 1. The van der Waals surface area contributed by atoms with Gasteiger partial charge in [-0.1, -0.05) is 12.1 Å². The third-order valence-corrected chi connectivity index (χ3v) is 4.22. The molecule has 0 unspecified atom stereocenters. The lowest BCUT2D eigenvalue weighted by Gasteiger charge is -2.15. The average Bonchev–Trinajstić information content (AvgIpc) is 3.16. The summed E-state index contributed by atoms with van der Waals surface area (Å²) in [7, 11) is 0. The fourth-order valence-electron chi connectivity index (χ4n) is 2.82. The van der Waals surface area contributed by atoms with Crippen LogP contribution in [0.5, 0.6) is 0 Å². The van der Waals surface area contributed by atoms with E-state index in [0.29, 0.717) is 5.56 Å². The van der Waals surface area contributed by atoms with Crippen LogP contribution in [0.3, 0.4) is 0 Å². The first-order valence-corrected chi connectivity index (χ1v) is 8.16. The second kappa shape index (κ2) is 7.42. The predicted molar refractivity (Wildman–Crippen MR) is 89.1 cm³/mol. The Hall–Kier alpha value is -2.76. The molecule has 0 spiro atoms. The molecule has 2 aromatic rings. The average molecular weight is 344 g/mol. The zero-order chi connectivity index (χ0) is 17.8. The third kappa shape index (κ3) is 4.02. The van der Waals surface area contributed by atoms with E-state index in [2.05, 4.69) is 5.32 Å². The van der Waals surface area contributed by atoms with Crippen molar-refractivity contribution in [2.24, 2.45) is 0 Å². The first-order valence-electron chi connectivity index (χ1n) is 8.16. The fourth-order valence-corrected chi connectivity index (χ4v) is 2.82. The molecule has 130 valence electrons. The molecule has 0 atom stereocenters. The van der Waals surface area contributed by atoms with Crippen LogP contribution in [-0.4, -0.2) is 29.8 Å². The van der Waals surface area contributed by atoms with Crippen LogP contribution in [0.4, 0.5) is 8.78 Å². The zero-order valence-electron chi connectivity index (χ0n) is 13.6. The van der Waals surface area contributed by atoms with Crippen LogP contribution < -0.4 is 5.32 Å². The fraction of sp³-hybridized carbons (Fsp3) is 0.263. The number of carbonyl (C=O) groups is 2. The Bertz CT molecular complexity index is 785. The Morgan fingerprint density at radius 2 is 1.68 bits per heavy atom. The van der Waals surface area contributed by atoms with E-state index in [9.17, 15) is 18.4 Å². The minimum Gasteiger partial charge on any atom is -0.348 e. The number of nitrogens with one attached hydrogen (secondary N) is 1. The van der Waals surface area contributed by atoms with Crippen molar-refractivity contribution in [1.82, 2.24) is 10.2 Å². The van der Waals surface area contributed by atoms with Gasteiger partial charge in [-0.25, -0.2) is 8.78 Å². The van der Waals surface area contributed by atoms with Gasteiger partial charge in [0.1, 0.15) is 11.6 Å². The number of carbonyl (C=O) groups excluding carboxylic acids is 2. The summed E-state index contributed by atoms with van der Waals surface area (Å²) in [5.74, 6) is -2.12. The first-order chi connectivity index (χ1) is 12.0. The summed E-state index contributed by atoms with van der Waals surface area (Å²) < 4.78 is 26.7. The monoisotopic (exact) mass is 344 g/mol. The molecule has 2 aromatic carbocycles. The SMILES string of the molecule is O=C(NCc1ccc(C(=O)N2CCCC2)cc1)c1cc(F)ccc1F. The van der Waals surface area contributed by atoms with Crippen molar-refractivity contribution in [2.75, 3.05) is 13.1 Å². The van der Waals surface area contributed by atoms with Crippen LogP contribution in [0.15, 0.2) is 42.5 Å². The van der Waals surface area contributed by atoms with Crippen molar-refractivity contribution < 1.29 is 18.4 Å². The molecule has 1 saturated heterocycles. The van der Waals surface area contributed by atoms with E-state index in [1.807, 2.05) is 4.90 Å². The van der Waals surface area contributed by atoms with E-state index in [1.165, 1.54) is 0 Å². The molecule has 6 heteroatoms. The number of halogens is 2. The summed E-state index contributed by atoms with van der Waals surface area (Å²) in [6.07, 6.45) is 2.07. The minimum atomic E-state index is -0.773. The van der Waals surface area contributed by atoms with Gasteiger partial charge in [-0.3, -0.25) is 9.59 Å². The van der Waals surface area contributed by atoms with Gasteiger partial charge >= 0.3 is 0 Å². The Kier molecular flexibility index (Phi) is 5.07. The summed E-state index contributed by atoms with van der Waals surface area (Å²) in [4.78, 5) is 26.0. The lowest BCUT2D eigenvalue weighted by molar-refractivity contribution is 0.0792. The molecule has 3 rings (SSSR count). The second-order valence-electron chi connectivity index (χ2n) is 6.00. The molecule has 4 nitrogen and oxygen atoms in total. The molecule has 0 aliphatic carbocycles. The van der Waals surface area contributed by atoms with Crippen molar-refractivity contribution in [3.05, 3.63) is 70.8 Å². The summed E-state index contributed by atoms with van der Waals surface area (Å²) in [5, 5.41) is 2.55. The summed E-state index contributed by atoms with van der Waals surface area (Å²) in [6, 6.07) is 9.65. The minimum absolute atomic E-state index is 0.00918. The Morgan fingerprint density at radius 3 is 2.36 bits per heavy atom. The molecule has 1 aliphatic rings. The Morgan fingerprint density at radius 1 is 1.00 bits per heavy atom. The van der Waals surface area contributed by atoms with Gasteiger partial charge in [-0.2, -0.15) is 0 Å². The van der Waals surface area contributed by atoms with Crippen LogP contribution in [0, 0.1) is 11.6 Å². The first kappa shape index (κ1) is 17.1. The van der Waals surface area contributed by atoms with Crippen LogP contribution in [-0.2, 0) is 6.54 Å². The molecule has 0 radical (unpaired) electrons. The van der Waals surface area contributed by atoms with E-state index in [0.717, 1.165) is 49.7 Å². The quantitative estimate of drug-likeness (QED) is 0.926. The predicted octanol–water partition coefficient (Wildman–Crippen LogP) is 3.13. The molecule has 1 N–H and O–H groups in total. The zero-order valence-corrected chi connectivity index (χ0v) is 13.6. The largest absolute Gasteiger partial charge is 0.348 e. The van der Waals surface area contributed by atoms with Crippen molar-refractivity contribution >= 4 is 11.8 Å². The highest BCUT2D eigenvalue weighted by atomic mass is 19.1. The van der Waals surface area contributed by atoms with Crippen molar-refractivity contribution in [1.29, 1.82) is 0 Å². The van der Waals surface area contributed by atoms with Crippen LogP contribution in [0.1, 0.15) is 39.1 Å². The summed E-state index contributed by atoms with van der Waals surface area (Å²) >= 11 is 0. The number of likely N-dealkylation sites (tertiary alicyclic amines) is 1. The van der Waals surface area contributed by atoms with Gasteiger partial charge in [0.05, 0.1) is 5.56 Å². The molecule has 25 heavy (non-hydrogen) atoms. The van der Waals surface area contributed by atoms with Crippen molar-refractivity contribution in [2.45, 2.75) is 19.4 Å². The maximum absolute atomic E-state index is 13.6. The van der Waals surface area contributed by atoms with E-state index >= 15 is 0 Å². The highest BCUT2D eigenvalue weighted by Crippen LogP contribution is 2.14. The smallest absolute Gasteiger partial charge is 0.254 e. The van der Waals surface area contributed by atoms with Crippen LogP contribution in [0.25, 0.3) is 0 Å². The van der Waals surface area contributed by atoms with Gasteiger partial charge in [0, 0.05) is 25.2 Å². The van der Waals surface area contributed by atoms with Gasteiger partial charge in [-0.15, -0.1) is 0 Å². The number of amides is 2. The standard InChI is InChI=1S/C19H18F2N2O2/c20-15-7-8-17(21)16(11-15)18(24)22-12-13-3-5-14(6-4-13)19(25)23-9-1-2-10-23/h3-8,11H,1-2,9-10,12H2,(H,22,24). The Labute approximate surface area is 144 Å². The molecule has 1 fully saturated rings. The molecular formula is C19H18F2N2O2. The molecule has 0 bridgehead atoms. The molecule has 1 aliphatic heterocycles. The van der Waals surface area contributed by atoms with Crippen LogP contribution >= 0.6 is 0 Å². The molecule has 0 aromatic heterocycles. The topological polar surface area (TPSA) is 49.4 Å². The maximum Gasteiger partial charge on any atom is 0.254 e. The van der Waals surface area contributed by atoms with Gasteiger partial charge in [0.15, 0.2) is 0 Å². The van der Waals surface area contributed by atoms with Crippen molar-refractivity contribution in [3.63, 3.8) is 0 Å². The molecule has 0 saturated carbocycles. The van der Waals surface area contributed by atoms with E-state index < -0.39 is 17.5 Å². The van der Waals surface area contributed by atoms with Gasteiger partial charge in [0.2, 0.25) is 0 Å². The lowest BCUT2D eigenvalue weighted by Crippen LogP contribution is -2.27.